The number of oxime groups is 1. The van der Waals surface area contributed by atoms with E-state index >= 15 is 0 Å². The van der Waals surface area contributed by atoms with E-state index in [-0.39, 0.29) is 6.42 Å². The molecule has 9 heteroatoms. The van der Waals surface area contributed by atoms with Gasteiger partial charge in [0.2, 0.25) is 6.41 Å². The molecule has 2 aliphatic heterocycles. The summed E-state index contributed by atoms with van der Waals surface area (Å²) < 4.78 is 30.1. The summed E-state index contributed by atoms with van der Waals surface area (Å²) in [5.41, 5.74) is 4.90. The number of hydrogen-bond acceptors (Lipinski definition) is 6. The summed E-state index contributed by atoms with van der Waals surface area (Å²) in [5.74, 6) is -1.89. The van der Waals surface area contributed by atoms with Crippen LogP contribution in [0.15, 0.2) is 59.9 Å². The van der Waals surface area contributed by atoms with E-state index in [0.717, 1.165) is 22.3 Å². The first-order chi connectivity index (χ1) is 14.4. The molecule has 1 N–H and O–H groups in total. The predicted octanol–water partition coefficient (Wildman–Crippen LogP) is 3.31. The molecule has 7 nitrogen and oxygen atoms in total. The molecular formula is C21H18F2N4O3. The summed E-state index contributed by atoms with van der Waals surface area (Å²) in [6, 6.07) is 14.9. The highest BCUT2D eigenvalue weighted by molar-refractivity contribution is 6.01. The van der Waals surface area contributed by atoms with Crippen LogP contribution >= 0.6 is 0 Å². The van der Waals surface area contributed by atoms with Crippen molar-refractivity contribution in [1.82, 2.24) is 15.3 Å². The monoisotopic (exact) mass is 412 g/mol. The SMILES string of the molecule is Cc1cnc2ccccc2n1.O=CNCc1ccc(C2=NOC3(C2)OC3(F)F)cc1. The van der Waals surface area contributed by atoms with Crippen LogP contribution in [0, 0.1) is 6.92 Å². The maximum absolute atomic E-state index is 12.9. The summed E-state index contributed by atoms with van der Waals surface area (Å²) in [6.07, 6.45) is -0.945. The fourth-order valence-corrected chi connectivity index (χ4v) is 2.99. The number of halogens is 2. The van der Waals surface area contributed by atoms with Gasteiger partial charge >= 0.3 is 11.9 Å². The van der Waals surface area contributed by atoms with E-state index in [1.807, 2.05) is 31.2 Å². The first kappa shape index (κ1) is 19.8. The van der Waals surface area contributed by atoms with Gasteiger partial charge in [-0.1, -0.05) is 41.6 Å². The third kappa shape index (κ3) is 3.97. The number of nitrogens with zero attached hydrogens (tertiary/aromatic N) is 3. The second-order valence-corrected chi connectivity index (χ2v) is 6.87. The van der Waals surface area contributed by atoms with Crippen molar-refractivity contribution in [2.45, 2.75) is 31.8 Å². The van der Waals surface area contributed by atoms with Crippen molar-refractivity contribution in [2.75, 3.05) is 0 Å². The second-order valence-electron chi connectivity index (χ2n) is 6.87. The van der Waals surface area contributed by atoms with Crippen LogP contribution in [-0.4, -0.2) is 34.0 Å². The number of carbonyl (C=O) groups excluding carboxylic acids is 1. The predicted molar refractivity (Wildman–Crippen MR) is 105 cm³/mol. The molecule has 2 aromatic carbocycles. The van der Waals surface area contributed by atoms with Crippen LogP contribution in [0.4, 0.5) is 8.78 Å². The first-order valence-electron chi connectivity index (χ1n) is 9.20. The van der Waals surface area contributed by atoms with Crippen LogP contribution in [0.2, 0.25) is 0 Å². The number of fused-ring (bicyclic) bond motifs is 1. The minimum absolute atomic E-state index is 0.0774. The van der Waals surface area contributed by atoms with Gasteiger partial charge in [-0.05, 0) is 30.2 Å². The van der Waals surface area contributed by atoms with Crippen molar-refractivity contribution in [3.8, 4) is 0 Å². The number of ether oxygens (including phenoxy) is 1. The molecular weight excluding hydrogens is 394 g/mol. The maximum Gasteiger partial charge on any atom is 0.427 e. The number of epoxide rings is 1. The van der Waals surface area contributed by atoms with Crippen LogP contribution in [0.5, 0.6) is 0 Å². The van der Waals surface area contributed by atoms with Gasteiger partial charge in [-0.2, -0.15) is 8.78 Å². The third-order valence-corrected chi connectivity index (χ3v) is 4.64. The summed E-state index contributed by atoms with van der Waals surface area (Å²) in [7, 11) is 0. The lowest BCUT2D eigenvalue weighted by Crippen LogP contribution is -2.18. The Hall–Kier alpha value is -3.46. The van der Waals surface area contributed by atoms with Crippen LogP contribution in [-0.2, 0) is 20.9 Å². The molecule has 3 heterocycles. The molecule has 1 fully saturated rings. The molecule has 154 valence electrons. The van der Waals surface area contributed by atoms with Gasteiger partial charge in [0.1, 0.15) is 0 Å². The fourth-order valence-electron chi connectivity index (χ4n) is 2.99. The standard InChI is InChI=1S/C12H10F2N2O3.C9H8N2/c13-12(14)11(18-12)5-10(16-19-11)9-3-1-8(2-4-9)6-15-7-17;1-7-6-10-8-4-2-3-5-9(8)11-7/h1-4,7H,5-6H2,(H,15,17);2-6H,1H3. The highest BCUT2D eigenvalue weighted by atomic mass is 19.3. The van der Waals surface area contributed by atoms with Crippen LogP contribution < -0.4 is 5.32 Å². The highest BCUT2D eigenvalue weighted by Crippen LogP contribution is 2.56. The molecule has 2 aliphatic rings. The lowest BCUT2D eigenvalue weighted by atomic mass is 10.0. The van der Waals surface area contributed by atoms with Crippen LogP contribution in [0.3, 0.4) is 0 Å². The summed E-state index contributed by atoms with van der Waals surface area (Å²) in [4.78, 5) is 23.4. The van der Waals surface area contributed by atoms with Crippen LogP contribution in [0.1, 0.15) is 23.2 Å². The number of nitrogens with one attached hydrogen (secondary N) is 1. The minimum Gasteiger partial charge on any atom is -0.355 e. The van der Waals surface area contributed by atoms with E-state index in [1.54, 1.807) is 30.5 Å². The van der Waals surface area contributed by atoms with E-state index in [2.05, 4.69) is 30.0 Å². The topological polar surface area (TPSA) is 89.0 Å². The molecule has 5 rings (SSSR count). The van der Waals surface area contributed by atoms with Gasteiger partial charge in [-0.3, -0.25) is 14.5 Å². The first-order valence-corrected chi connectivity index (χ1v) is 9.20. The van der Waals surface area contributed by atoms with Gasteiger partial charge < -0.3 is 10.2 Å². The van der Waals surface area contributed by atoms with Gasteiger partial charge in [0.25, 0.3) is 0 Å². The van der Waals surface area contributed by atoms with Gasteiger partial charge in [-0.25, -0.2) is 4.98 Å². The van der Waals surface area contributed by atoms with Gasteiger partial charge in [-0.15, -0.1) is 0 Å². The summed E-state index contributed by atoms with van der Waals surface area (Å²) in [5, 5.41) is 6.18. The Morgan fingerprint density at radius 1 is 1.13 bits per heavy atom. The number of para-hydroxylation sites is 2. The molecule has 0 saturated carbocycles. The van der Waals surface area contributed by atoms with Crippen molar-refractivity contribution in [1.29, 1.82) is 0 Å². The quantitative estimate of drug-likeness (QED) is 0.525. The fraction of sp³-hybridized carbons (Fsp3) is 0.238. The van der Waals surface area contributed by atoms with Gasteiger partial charge in [0.15, 0.2) is 0 Å². The van der Waals surface area contributed by atoms with E-state index < -0.39 is 11.9 Å². The lowest BCUT2D eigenvalue weighted by Gasteiger charge is -2.02. The molecule has 1 unspecified atom stereocenters. The maximum atomic E-state index is 12.9. The van der Waals surface area contributed by atoms with Crippen molar-refractivity contribution in [3.05, 3.63) is 71.5 Å². The third-order valence-electron chi connectivity index (χ3n) is 4.64. The number of aromatic nitrogens is 2. The molecule has 30 heavy (non-hydrogen) atoms. The number of alkyl halides is 2. The number of rotatable bonds is 4. The largest absolute Gasteiger partial charge is 0.427 e. The minimum atomic E-state index is -3.26. The summed E-state index contributed by atoms with van der Waals surface area (Å²) >= 11 is 0. The smallest absolute Gasteiger partial charge is 0.355 e. The van der Waals surface area contributed by atoms with Crippen LogP contribution in [0.25, 0.3) is 11.0 Å². The molecule has 1 atom stereocenters. The molecule has 0 radical (unpaired) electrons. The van der Waals surface area contributed by atoms with Crippen molar-refractivity contribution >= 4 is 23.2 Å². The lowest BCUT2D eigenvalue weighted by molar-refractivity contribution is -0.109. The van der Waals surface area contributed by atoms with Crippen molar-refractivity contribution in [3.63, 3.8) is 0 Å². The molecule has 1 spiro atoms. The van der Waals surface area contributed by atoms with Crippen molar-refractivity contribution in [2.24, 2.45) is 5.16 Å². The Morgan fingerprint density at radius 3 is 2.47 bits per heavy atom. The molecule has 1 aromatic heterocycles. The van der Waals surface area contributed by atoms with E-state index in [1.165, 1.54) is 0 Å². The average molecular weight is 412 g/mol. The molecule has 3 aromatic rings. The summed E-state index contributed by atoms with van der Waals surface area (Å²) in [6.45, 7) is 2.36. The Kier molecular flexibility index (Phi) is 5.13. The Labute approximate surface area is 170 Å². The van der Waals surface area contributed by atoms with Gasteiger partial charge in [0, 0.05) is 12.7 Å². The molecule has 0 bridgehead atoms. The van der Waals surface area contributed by atoms with Gasteiger partial charge in [0.05, 0.1) is 28.9 Å². The average Bonchev–Trinajstić information content (AvgIpc) is 3.07. The normalized spacial score (nSPS) is 20.7. The zero-order valence-corrected chi connectivity index (χ0v) is 16.0. The molecule has 0 aliphatic carbocycles. The number of hydrogen-bond donors (Lipinski definition) is 1. The number of carbonyl (C=O) groups is 1. The zero-order valence-electron chi connectivity index (χ0n) is 16.0. The molecule has 1 saturated heterocycles. The Bertz CT molecular complexity index is 1100. The van der Waals surface area contributed by atoms with E-state index in [9.17, 15) is 13.6 Å². The van der Waals surface area contributed by atoms with E-state index in [0.29, 0.717) is 24.2 Å². The Balaban J connectivity index is 0.000000168. The number of aryl methyl sites for hydroxylation is 1. The van der Waals surface area contributed by atoms with Crippen molar-refractivity contribution < 1.29 is 23.1 Å². The highest BCUT2D eigenvalue weighted by Gasteiger charge is 2.80. The molecule has 1 amide bonds. The second kappa shape index (κ2) is 7.75. The Morgan fingerprint density at radius 2 is 1.83 bits per heavy atom. The van der Waals surface area contributed by atoms with E-state index in [4.69, 9.17) is 0 Å². The number of amides is 1. The number of benzene rings is 2. The zero-order chi connectivity index (χ0) is 21.2.